The third-order valence-electron chi connectivity index (χ3n) is 2.95. The van der Waals surface area contributed by atoms with Gasteiger partial charge in [0.05, 0.1) is 0 Å². The van der Waals surface area contributed by atoms with Crippen molar-refractivity contribution in [3.8, 4) is 11.5 Å². The first-order chi connectivity index (χ1) is 11.3. The summed E-state index contributed by atoms with van der Waals surface area (Å²) < 4.78 is 18.4. The van der Waals surface area contributed by atoms with Crippen molar-refractivity contribution in [3.05, 3.63) is 35.9 Å². The van der Waals surface area contributed by atoms with E-state index in [1.54, 1.807) is 0 Å². The fourth-order valence-corrected chi connectivity index (χ4v) is 4.15. The van der Waals surface area contributed by atoms with Gasteiger partial charge >= 0.3 is 8.80 Å². The van der Waals surface area contributed by atoms with E-state index in [2.05, 4.69) is 53.0 Å². The molecule has 0 spiro atoms. The van der Waals surface area contributed by atoms with Gasteiger partial charge in [-0.2, -0.15) is 0 Å². The van der Waals surface area contributed by atoms with Gasteiger partial charge in [0.25, 0.3) is 0 Å². The van der Waals surface area contributed by atoms with Gasteiger partial charge in [-0.25, -0.2) is 0 Å². The smallest absolute Gasteiger partial charge is 0.364 e. The second kappa shape index (κ2) is 10.7. The third-order valence-corrected chi connectivity index (χ3v) is 5.03. The normalized spacial score (nSPS) is 11.9. The summed E-state index contributed by atoms with van der Waals surface area (Å²) in [5, 5.41) is 0. The summed E-state index contributed by atoms with van der Waals surface area (Å²) in [7, 11) is -3.03. The fraction of sp³-hybridized carbons (Fsp3) is 0.600. The minimum absolute atomic E-state index is 0.403. The lowest BCUT2D eigenvalue weighted by molar-refractivity contribution is 0.0504. The van der Waals surface area contributed by atoms with Gasteiger partial charge in [0, 0.05) is 25.4 Å². The van der Waals surface area contributed by atoms with Crippen LogP contribution in [-0.2, 0) is 13.3 Å². The Balaban J connectivity index is 3.04. The fourth-order valence-electron chi connectivity index (χ4n) is 1.73. The Kier molecular flexibility index (Phi) is 9.31. The van der Waals surface area contributed by atoms with Gasteiger partial charge in [-0.3, -0.25) is 0 Å². The maximum Gasteiger partial charge on any atom is 0.591 e. The molecule has 0 bridgehead atoms. The van der Waals surface area contributed by atoms with Crippen LogP contribution in [0, 0.1) is 29.2 Å². The van der Waals surface area contributed by atoms with Crippen molar-refractivity contribution >= 4 is 8.80 Å². The summed E-state index contributed by atoms with van der Waals surface area (Å²) in [6, 6.07) is 9.91. The van der Waals surface area contributed by atoms with E-state index < -0.39 is 8.80 Å². The molecule has 0 saturated heterocycles. The third kappa shape index (κ3) is 8.65. The largest absolute Gasteiger partial charge is 0.591 e. The molecule has 0 unspecified atom stereocenters. The summed E-state index contributed by atoms with van der Waals surface area (Å²) in [5.74, 6) is 4.40. The molecule has 1 aromatic rings. The molecule has 0 aliphatic carbocycles. The molecule has 0 radical (unpaired) electrons. The average molecular weight is 349 g/mol. The lowest BCUT2D eigenvalue weighted by Gasteiger charge is -2.27. The zero-order valence-electron chi connectivity index (χ0n) is 16.0. The van der Waals surface area contributed by atoms with Crippen LogP contribution in [-0.4, -0.2) is 28.6 Å². The first-order valence-electron chi connectivity index (χ1n) is 8.83. The zero-order valence-corrected chi connectivity index (χ0v) is 17.0. The van der Waals surface area contributed by atoms with Gasteiger partial charge in [0.2, 0.25) is 0 Å². The monoisotopic (exact) mass is 348 g/mol. The number of benzene rings is 1. The minimum atomic E-state index is -3.03. The summed E-state index contributed by atoms with van der Waals surface area (Å²) in [6.45, 7) is 14.5. The Hall–Kier alpha value is -1.12. The molecule has 0 aliphatic rings. The van der Waals surface area contributed by atoms with Crippen LogP contribution in [0.3, 0.4) is 0 Å². The highest BCUT2D eigenvalue weighted by atomic mass is 28.4. The predicted octanol–water partition coefficient (Wildman–Crippen LogP) is 4.53. The van der Waals surface area contributed by atoms with Crippen LogP contribution in [0.15, 0.2) is 30.3 Å². The summed E-state index contributed by atoms with van der Waals surface area (Å²) in [6.07, 6.45) is 0. The number of rotatable bonds is 9. The Labute approximate surface area is 149 Å². The number of hydrogen-bond donors (Lipinski definition) is 0. The highest BCUT2D eigenvalue weighted by molar-refractivity contribution is 6.69. The topological polar surface area (TPSA) is 27.7 Å². The van der Waals surface area contributed by atoms with Crippen LogP contribution >= 0.6 is 0 Å². The van der Waals surface area contributed by atoms with Gasteiger partial charge in [0.15, 0.2) is 0 Å². The minimum Gasteiger partial charge on any atom is -0.364 e. The van der Waals surface area contributed by atoms with Gasteiger partial charge in [-0.05, 0) is 35.4 Å². The second-order valence-corrected chi connectivity index (χ2v) is 9.52. The lowest BCUT2D eigenvalue weighted by Crippen LogP contribution is -2.47. The summed E-state index contributed by atoms with van der Waals surface area (Å²) in [5.41, 5.74) is 4.19. The molecule has 1 rings (SSSR count). The first-order valence-corrected chi connectivity index (χ1v) is 10.6. The van der Waals surface area contributed by atoms with E-state index in [9.17, 15) is 0 Å². The molecule has 0 aromatic heterocycles. The summed E-state index contributed by atoms with van der Waals surface area (Å²) in [4.78, 5) is 0. The first kappa shape index (κ1) is 20.9. The molecule has 0 saturated carbocycles. The van der Waals surface area contributed by atoms with Crippen molar-refractivity contribution < 1.29 is 13.3 Å². The molecule has 0 aliphatic heterocycles. The lowest BCUT2D eigenvalue weighted by atomic mass is 10.2. The van der Waals surface area contributed by atoms with E-state index in [4.69, 9.17) is 13.3 Å². The molecular weight excluding hydrogens is 316 g/mol. The maximum atomic E-state index is 6.13. The molecule has 0 amide bonds. The number of hydrogen-bond acceptors (Lipinski definition) is 3. The van der Waals surface area contributed by atoms with Crippen molar-refractivity contribution in [3.63, 3.8) is 0 Å². The van der Waals surface area contributed by atoms with Crippen molar-refractivity contribution in [1.82, 2.24) is 0 Å². The van der Waals surface area contributed by atoms with Crippen molar-refractivity contribution in [2.24, 2.45) is 17.8 Å². The van der Waals surface area contributed by atoms with Crippen LogP contribution in [0.25, 0.3) is 0 Å². The Morgan fingerprint density at radius 1 is 0.750 bits per heavy atom. The molecule has 24 heavy (non-hydrogen) atoms. The molecule has 3 nitrogen and oxygen atoms in total. The van der Waals surface area contributed by atoms with Gasteiger partial charge in [-0.15, -0.1) is 0 Å². The predicted molar refractivity (Wildman–Crippen MR) is 101 cm³/mol. The molecule has 1 aromatic carbocycles. The van der Waals surface area contributed by atoms with Crippen LogP contribution in [0.5, 0.6) is 0 Å². The zero-order chi connectivity index (χ0) is 18.0. The van der Waals surface area contributed by atoms with E-state index >= 15 is 0 Å². The average Bonchev–Trinajstić information content (AvgIpc) is 2.54. The van der Waals surface area contributed by atoms with E-state index in [0.717, 1.165) is 5.56 Å². The maximum absolute atomic E-state index is 6.13. The molecule has 4 heteroatoms. The SMILES string of the molecule is CC(C)CO[Si](C#Cc1ccccc1)(OCC(C)C)OCC(C)C. The standard InChI is InChI=1S/C20H32O3Si/c1-17(2)14-21-24(22-15-18(3)4,23-16-19(5)6)13-12-20-10-8-7-9-11-20/h7-11,17-19H,14-16H2,1-6H3. The molecule has 0 fully saturated rings. The van der Waals surface area contributed by atoms with Gasteiger partial charge in [-0.1, -0.05) is 65.7 Å². The highest BCUT2D eigenvalue weighted by Gasteiger charge is 2.41. The van der Waals surface area contributed by atoms with Crippen LogP contribution in [0.1, 0.15) is 47.1 Å². The van der Waals surface area contributed by atoms with Crippen molar-refractivity contribution in [1.29, 1.82) is 0 Å². The Bertz CT molecular complexity index is 483. The molecular formula is C20H32O3Si. The van der Waals surface area contributed by atoms with Crippen molar-refractivity contribution in [2.45, 2.75) is 41.5 Å². The molecule has 0 N–H and O–H groups in total. The molecule has 134 valence electrons. The van der Waals surface area contributed by atoms with E-state index in [0.29, 0.717) is 37.6 Å². The summed E-state index contributed by atoms with van der Waals surface area (Å²) >= 11 is 0. The van der Waals surface area contributed by atoms with Crippen molar-refractivity contribution in [2.75, 3.05) is 19.8 Å². The molecule has 0 atom stereocenters. The van der Waals surface area contributed by atoms with Crippen LogP contribution < -0.4 is 0 Å². The second-order valence-electron chi connectivity index (χ2n) is 7.29. The van der Waals surface area contributed by atoms with E-state index in [1.165, 1.54) is 0 Å². The van der Waals surface area contributed by atoms with Crippen LogP contribution in [0.2, 0.25) is 0 Å². The van der Waals surface area contributed by atoms with E-state index in [1.807, 2.05) is 30.3 Å². The van der Waals surface area contributed by atoms with Gasteiger partial charge < -0.3 is 13.3 Å². The highest BCUT2D eigenvalue weighted by Crippen LogP contribution is 2.15. The van der Waals surface area contributed by atoms with Crippen LogP contribution in [0.4, 0.5) is 0 Å². The Morgan fingerprint density at radius 3 is 1.54 bits per heavy atom. The van der Waals surface area contributed by atoms with E-state index in [-0.39, 0.29) is 0 Å². The Morgan fingerprint density at radius 2 is 1.17 bits per heavy atom. The van der Waals surface area contributed by atoms with Gasteiger partial charge in [0.1, 0.15) is 0 Å². The molecule has 0 heterocycles. The quantitative estimate of drug-likeness (QED) is 0.484.